The summed E-state index contributed by atoms with van der Waals surface area (Å²) < 4.78 is 6.06. The summed E-state index contributed by atoms with van der Waals surface area (Å²) >= 11 is 0. The highest BCUT2D eigenvalue weighted by Gasteiger charge is 2.32. The molecule has 0 bridgehead atoms. The quantitative estimate of drug-likeness (QED) is 0.321. The van der Waals surface area contributed by atoms with Gasteiger partial charge in [-0.25, -0.2) is 0 Å². The molecule has 2 amide bonds. The average Bonchev–Trinajstić information content (AvgIpc) is 2.89. The Bertz CT molecular complexity index is 1330. The Labute approximate surface area is 219 Å². The largest absolute Gasteiger partial charge is 0.483 e. The zero-order valence-electron chi connectivity index (χ0n) is 21.7. The molecule has 0 fully saturated rings. The van der Waals surface area contributed by atoms with Crippen molar-refractivity contribution in [2.24, 2.45) is 0 Å². The van der Waals surface area contributed by atoms with Crippen molar-refractivity contribution in [1.82, 2.24) is 10.2 Å². The van der Waals surface area contributed by atoms with Gasteiger partial charge in [0, 0.05) is 23.9 Å². The van der Waals surface area contributed by atoms with Crippen molar-refractivity contribution in [2.75, 3.05) is 6.61 Å². The number of nitrogens with one attached hydrogen (secondary N) is 1. The van der Waals surface area contributed by atoms with E-state index in [1.165, 1.54) is 0 Å². The first-order valence-corrected chi connectivity index (χ1v) is 12.6. The number of fused-ring (bicyclic) bond motifs is 1. The molecule has 1 N–H and O–H groups in total. The van der Waals surface area contributed by atoms with Crippen molar-refractivity contribution < 1.29 is 14.3 Å². The number of hydrogen-bond donors (Lipinski definition) is 1. The molecule has 0 saturated carbocycles. The zero-order chi connectivity index (χ0) is 26.3. The summed E-state index contributed by atoms with van der Waals surface area (Å²) in [7, 11) is 0. The molecule has 5 heteroatoms. The van der Waals surface area contributed by atoms with Crippen LogP contribution in [0.4, 0.5) is 0 Å². The first-order valence-electron chi connectivity index (χ1n) is 12.6. The van der Waals surface area contributed by atoms with Crippen LogP contribution in [-0.2, 0) is 22.6 Å². The second-order valence-electron chi connectivity index (χ2n) is 10.2. The van der Waals surface area contributed by atoms with E-state index < -0.39 is 11.6 Å². The van der Waals surface area contributed by atoms with Gasteiger partial charge in [-0.3, -0.25) is 9.59 Å². The number of amides is 2. The Morgan fingerprint density at radius 3 is 2.05 bits per heavy atom. The van der Waals surface area contributed by atoms with Gasteiger partial charge in [-0.1, -0.05) is 97.1 Å². The van der Waals surface area contributed by atoms with Gasteiger partial charge < -0.3 is 15.0 Å². The third-order valence-electron chi connectivity index (χ3n) is 6.07. The van der Waals surface area contributed by atoms with Crippen molar-refractivity contribution in [2.45, 2.75) is 45.3 Å². The first kappa shape index (κ1) is 26.0. The van der Waals surface area contributed by atoms with Crippen LogP contribution in [0.25, 0.3) is 10.8 Å². The highest BCUT2D eigenvalue weighted by Crippen LogP contribution is 2.25. The minimum Gasteiger partial charge on any atom is -0.483 e. The highest BCUT2D eigenvalue weighted by molar-refractivity contribution is 5.90. The second-order valence-corrected chi connectivity index (χ2v) is 10.2. The Morgan fingerprint density at radius 1 is 0.784 bits per heavy atom. The molecule has 0 spiro atoms. The van der Waals surface area contributed by atoms with Gasteiger partial charge in [0.1, 0.15) is 11.8 Å². The molecule has 0 aliphatic heterocycles. The molecule has 1 unspecified atom stereocenters. The molecule has 0 saturated heterocycles. The Hall–Kier alpha value is -4.12. The van der Waals surface area contributed by atoms with E-state index in [-0.39, 0.29) is 18.4 Å². The minimum absolute atomic E-state index is 0.172. The van der Waals surface area contributed by atoms with Gasteiger partial charge in [-0.2, -0.15) is 0 Å². The third-order valence-corrected chi connectivity index (χ3v) is 6.07. The normalized spacial score (nSPS) is 12.1. The summed E-state index contributed by atoms with van der Waals surface area (Å²) in [5, 5.41) is 5.07. The lowest BCUT2D eigenvalue weighted by Crippen LogP contribution is -2.55. The molecule has 0 aromatic heterocycles. The van der Waals surface area contributed by atoms with Crippen LogP contribution in [0.2, 0.25) is 0 Å². The molecule has 0 radical (unpaired) electrons. The second kappa shape index (κ2) is 11.7. The number of carbonyl (C=O) groups excluding carboxylic acids is 2. The van der Waals surface area contributed by atoms with Crippen LogP contribution < -0.4 is 10.1 Å². The van der Waals surface area contributed by atoms with E-state index in [2.05, 4.69) is 5.32 Å². The van der Waals surface area contributed by atoms with Gasteiger partial charge in [0.15, 0.2) is 6.61 Å². The Balaban J connectivity index is 1.64. The van der Waals surface area contributed by atoms with Gasteiger partial charge in [0.2, 0.25) is 5.91 Å². The fraction of sp³-hybridized carbons (Fsp3) is 0.250. The maximum atomic E-state index is 13.8. The van der Waals surface area contributed by atoms with Crippen LogP contribution in [0.15, 0.2) is 103 Å². The molecule has 0 aliphatic rings. The monoisotopic (exact) mass is 494 g/mol. The summed E-state index contributed by atoms with van der Waals surface area (Å²) in [6.07, 6.45) is 0.398. The van der Waals surface area contributed by atoms with E-state index in [1.807, 2.05) is 124 Å². The SMILES string of the molecule is CC(C)(C)NC(=O)C(Cc1ccccc1)N(Cc1ccccc1)C(=O)COc1cccc2ccccc12. The Morgan fingerprint density at radius 2 is 1.38 bits per heavy atom. The average molecular weight is 495 g/mol. The van der Waals surface area contributed by atoms with Crippen LogP contribution in [-0.4, -0.2) is 34.9 Å². The molecular weight excluding hydrogens is 460 g/mol. The van der Waals surface area contributed by atoms with Gasteiger partial charge in [0.25, 0.3) is 5.91 Å². The number of nitrogens with zero attached hydrogens (tertiary/aromatic N) is 1. The van der Waals surface area contributed by atoms with Crippen LogP contribution >= 0.6 is 0 Å². The third kappa shape index (κ3) is 7.20. The summed E-state index contributed by atoms with van der Waals surface area (Å²) in [5.41, 5.74) is 1.49. The molecule has 37 heavy (non-hydrogen) atoms. The maximum Gasteiger partial charge on any atom is 0.261 e. The molecule has 4 aromatic rings. The lowest BCUT2D eigenvalue weighted by molar-refractivity contribution is -0.143. The maximum absolute atomic E-state index is 13.8. The highest BCUT2D eigenvalue weighted by atomic mass is 16.5. The summed E-state index contributed by atoms with van der Waals surface area (Å²) in [4.78, 5) is 29.0. The van der Waals surface area contributed by atoms with E-state index in [0.717, 1.165) is 21.9 Å². The lowest BCUT2D eigenvalue weighted by Gasteiger charge is -2.33. The fourth-order valence-corrected chi connectivity index (χ4v) is 4.33. The fourth-order valence-electron chi connectivity index (χ4n) is 4.33. The molecule has 190 valence electrons. The number of carbonyl (C=O) groups is 2. The number of ether oxygens (including phenoxy) is 1. The predicted octanol–water partition coefficient (Wildman–Crippen LogP) is 5.77. The molecule has 4 aromatic carbocycles. The van der Waals surface area contributed by atoms with Crippen molar-refractivity contribution in [3.63, 3.8) is 0 Å². The van der Waals surface area contributed by atoms with E-state index in [1.54, 1.807) is 4.90 Å². The lowest BCUT2D eigenvalue weighted by atomic mass is 10.0. The van der Waals surface area contributed by atoms with E-state index in [4.69, 9.17) is 4.74 Å². The van der Waals surface area contributed by atoms with Crippen molar-refractivity contribution in [1.29, 1.82) is 0 Å². The molecule has 0 aliphatic carbocycles. The number of hydrogen-bond acceptors (Lipinski definition) is 3. The van der Waals surface area contributed by atoms with E-state index in [9.17, 15) is 9.59 Å². The molecule has 4 rings (SSSR count). The molecule has 0 heterocycles. The summed E-state index contributed by atoms with van der Waals surface area (Å²) in [5.74, 6) is 0.206. The van der Waals surface area contributed by atoms with Crippen molar-refractivity contribution in [3.8, 4) is 5.75 Å². The van der Waals surface area contributed by atoms with Crippen molar-refractivity contribution in [3.05, 3.63) is 114 Å². The summed E-state index contributed by atoms with van der Waals surface area (Å²) in [6.45, 7) is 5.95. The van der Waals surface area contributed by atoms with E-state index >= 15 is 0 Å². The topological polar surface area (TPSA) is 58.6 Å². The summed E-state index contributed by atoms with van der Waals surface area (Å²) in [6, 6.07) is 32.5. The van der Waals surface area contributed by atoms with Gasteiger partial charge in [-0.15, -0.1) is 0 Å². The van der Waals surface area contributed by atoms with Crippen LogP contribution in [0.1, 0.15) is 31.9 Å². The van der Waals surface area contributed by atoms with Gasteiger partial charge >= 0.3 is 0 Å². The van der Waals surface area contributed by atoms with Crippen LogP contribution in [0.3, 0.4) is 0 Å². The van der Waals surface area contributed by atoms with E-state index in [0.29, 0.717) is 18.7 Å². The van der Waals surface area contributed by atoms with Crippen LogP contribution in [0.5, 0.6) is 5.75 Å². The van der Waals surface area contributed by atoms with Gasteiger partial charge in [-0.05, 0) is 43.4 Å². The smallest absolute Gasteiger partial charge is 0.261 e. The molecular formula is C32H34N2O3. The predicted molar refractivity (Wildman–Crippen MR) is 148 cm³/mol. The Kier molecular flexibility index (Phi) is 8.24. The zero-order valence-corrected chi connectivity index (χ0v) is 21.7. The minimum atomic E-state index is -0.703. The first-order chi connectivity index (χ1) is 17.8. The van der Waals surface area contributed by atoms with Gasteiger partial charge in [0.05, 0.1) is 0 Å². The molecule has 1 atom stereocenters. The number of rotatable bonds is 9. The number of benzene rings is 4. The standard InChI is InChI=1S/C32H34N2O3/c1-32(2,3)33-31(36)28(21-24-13-6-4-7-14-24)34(22-25-15-8-5-9-16-25)30(35)23-37-29-20-12-18-26-17-10-11-19-27(26)29/h4-20,28H,21-23H2,1-3H3,(H,33,36). The van der Waals surface area contributed by atoms with Crippen molar-refractivity contribution >= 4 is 22.6 Å². The molecule has 5 nitrogen and oxygen atoms in total. The van der Waals surface area contributed by atoms with Crippen LogP contribution in [0, 0.1) is 0 Å².